The number of halogens is 3. The van der Waals surface area contributed by atoms with E-state index in [1.807, 2.05) is 0 Å². The summed E-state index contributed by atoms with van der Waals surface area (Å²) < 4.78 is 36.5. The number of carboxylic acids is 1. The van der Waals surface area contributed by atoms with E-state index in [4.69, 9.17) is 5.11 Å². The maximum absolute atomic E-state index is 12.2. The summed E-state index contributed by atoms with van der Waals surface area (Å²) in [4.78, 5) is 21.5. The van der Waals surface area contributed by atoms with Crippen molar-refractivity contribution in [3.63, 3.8) is 0 Å². The normalized spacial score (nSPS) is 18.9. The van der Waals surface area contributed by atoms with Gasteiger partial charge < -0.3 is 10.4 Å². The summed E-state index contributed by atoms with van der Waals surface area (Å²) in [5.74, 6) is -3.07. The van der Waals surface area contributed by atoms with Crippen LogP contribution in [0.4, 0.5) is 13.2 Å². The lowest BCUT2D eigenvalue weighted by atomic mass is 9.84. The number of nitrogens with one attached hydrogen (secondary N) is 1. The second-order valence-electron chi connectivity index (χ2n) is 5.01. The molecule has 1 aliphatic carbocycles. The molecule has 7 heteroatoms. The summed E-state index contributed by atoms with van der Waals surface area (Å²) in [7, 11) is 0. The van der Waals surface area contributed by atoms with Gasteiger partial charge in [0.25, 0.3) is 0 Å². The van der Waals surface area contributed by atoms with Gasteiger partial charge in [-0.1, -0.05) is 32.1 Å². The highest BCUT2D eigenvalue weighted by atomic mass is 19.4. The van der Waals surface area contributed by atoms with Gasteiger partial charge >= 0.3 is 18.1 Å². The highest BCUT2D eigenvalue weighted by Crippen LogP contribution is 2.28. The quantitative estimate of drug-likeness (QED) is 0.813. The minimum atomic E-state index is -4.97. The highest BCUT2D eigenvalue weighted by molar-refractivity contribution is 5.82. The molecule has 0 aromatic heterocycles. The third-order valence-electron chi connectivity index (χ3n) is 3.36. The smallest absolute Gasteiger partial charge is 0.471 e. The van der Waals surface area contributed by atoms with E-state index in [9.17, 15) is 22.8 Å². The summed E-state index contributed by atoms with van der Waals surface area (Å²) in [6, 6.07) is -0.949. The lowest BCUT2D eigenvalue weighted by Gasteiger charge is -2.26. The number of hydrogen-bond donors (Lipinski definition) is 2. The molecular weight excluding hydrogens is 263 g/mol. The molecule has 1 aliphatic rings. The first-order valence-corrected chi connectivity index (χ1v) is 6.38. The van der Waals surface area contributed by atoms with Gasteiger partial charge in [0.1, 0.15) is 0 Å². The van der Waals surface area contributed by atoms with Crippen LogP contribution in [-0.2, 0) is 9.59 Å². The Hall–Kier alpha value is -1.27. The Morgan fingerprint density at radius 3 is 2.26 bits per heavy atom. The van der Waals surface area contributed by atoms with Gasteiger partial charge in [0.15, 0.2) is 0 Å². The van der Waals surface area contributed by atoms with E-state index < -0.39 is 30.5 Å². The van der Waals surface area contributed by atoms with E-state index in [2.05, 4.69) is 0 Å². The van der Waals surface area contributed by atoms with Crippen LogP contribution < -0.4 is 5.32 Å². The second-order valence-corrected chi connectivity index (χ2v) is 5.01. The van der Waals surface area contributed by atoms with Gasteiger partial charge in [-0.05, 0) is 12.3 Å². The standard InChI is InChI=1S/C12H18F3NO3/c13-12(14,15)11(19)16-9(7-10(17)18)6-8-4-2-1-3-5-8/h8-9H,1-7H2,(H,16,19)(H,17,18)/t9-/m0/s1. The molecule has 0 heterocycles. The van der Waals surface area contributed by atoms with Crippen LogP contribution in [0.15, 0.2) is 0 Å². The molecule has 0 aromatic carbocycles. The van der Waals surface area contributed by atoms with Crippen molar-refractivity contribution in [2.45, 2.75) is 57.2 Å². The molecule has 2 N–H and O–H groups in total. The van der Waals surface area contributed by atoms with Crippen LogP contribution in [0, 0.1) is 5.92 Å². The van der Waals surface area contributed by atoms with Gasteiger partial charge in [0, 0.05) is 6.04 Å². The van der Waals surface area contributed by atoms with Gasteiger partial charge in [0.05, 0.1) is 6.42 Å². The van der Waals surface area contributed by atoms with Crippen molar-refractivity contribution < 1.29 is 27.9 Å². The van der Waals surface area contributed by atoms with Crippen molar-refractivity contribution in [3.05, 3.63) is 0 Å². The van der Waals surface area contributed by atoms with E-state index in [-0.39, 0.29) is 5.92 Å². The third kappa shape index (κ3) is 5.94. The van der Waals surface area contributed by atoms with Crippen molar-refractivity contribution in [1.29, 1.82) is 0 Å². The fourth-order valence-corrected chi connectivity index (χ4v) is 2.50. The number of carbonyl (C=O) groups excluding carboxylic acids is 1. The Labute approximate surface area is 109 Å². The van der Waals surface area contributed by atoms with Crippen LogP contribution in [0.3, 0.4) is 0 Å². The van der Waals surface area contributed by atoms with Gasteiger partial charge in [-0.3, -0.25) is 9.59 Å². The first-order valence-electron chi connectivity index (χ1n) is 6.38. The molecule has 1 atom stereocenters. The van der Waals surface area contributed by atoms with E-state index in [1.165, 1.54) is 0 Å². The van der Waals surface area contributed by atoms with Crippen LogP contribution in [0.25, 0.3) is 0 Å². The first kappa shape index (κ1) is 15.8. The molecule has 0 spiro atoms. The molecule has 110 valence electrons. The van der Waals surface area contributed by atoms with E-state index in [0.29, 0.717) is 6.42 Å². The average molecular weight is 281 g/mol. The Kier molecular flexibility index (Phi) is 5.62. The minimum Gasteiger partial charge on any atom is -0.481 e. The first-order chi connectivity index (χ1) is 8.79. The summed E-state index contributed by atoms with van der Waals surface area (Å²) >= 11 is 0. The van der Waals surface area contributed by atoms with Crippen LogP contribution in [0.1, 0.15) is 44.9 Å². The van der Waals surface area contributed by atoms with Crippen LogP contribution in [-0.4, -0.2) is 29.2 Å². The molecule has 1 saturated carbocycles. The maximum atomic E-state index is 12.2. The van der Waals surface area contributed by atoms with Crippen LogP contribution in [0.2, 0.25) is 0 Å². The van der Waals surface area contributed by atoms with E-state index >= 15 is 0 Å². The number of amides is 1. The molecule has 19 heavy (non-hydrogen) atoms. The Balaban J connectivity index is 2.55. The topological polar surface area (TPSA) is 66.4 Å². The zero-order valence-corrected chi connectivity index (χ0v) is 10.5. The van der Waals surface area contributed by atoms with Crippen molar-refractivity contribution >= 4 is 11.9 Å². The highest BCUT2D eigenvalue weighted by Gasteiger charge is 2.40. The Bertz CT molecular complexity index is 325. The van der Waals surface area contributed by atoms with Gasteiger partial charge in [-0.2, -0.15) is 13.2 Å². The molecule has 0 aliphatic heterocycles. The zero-order valence-electron chi connectivity index (χ0n) is 10.5. The predicted molar refractivity (Wildman–Crippen MR) is 61.4 cm³/mol. The van der Waals surface area contributed by atoms with Crippen molar-refractivity contribution in [3.8, 4) is 0 Å². The lowest BCUT2D eigenvalue weighted by molar-refractivity contribution is -0.174. The Morgan fingerprint density at radius 2 is 1.79 bits per heavy atom. The molecular formula is C12H18F3NO3. The summed E-state index contributed by atoms with van der Waals surface area (Å²) in [5, 5.41) is 10.5. The monoisotopic (exact) mass is 281 g/mol. The summed E-state index contributed by atoms with van der Waals surface area (Å²) in [5.41, 5.74) is 0. The average Bonchev–Trinajstić information content (AvgIpc) is 2.28. The summed E-state index contributed by atoms with van der Waals surface area (Å²) in [6.45, 7) is 0. The minimum absolute atomic E-state index is 0.201. The van der Waals surface area contributed by atoms with Crippen LogP contribution >= 0.6 is 0 Å². The molecule has 0 saturated heterocycles. The fourth-order valence-electron chi connectivity index (χ4n) is 2.50. The molecule has 0 bridgehead atoms. The molecule has 1 fully saturated rings. The zero-order chi connectivity index (χ0) is 14.5. The van der Waals surface area contributed by atoms with E-state index in [1.54, 1.807) is 5.32 Å². The van der Waals surface area contributed by atoms with Crippen molar-refractivity contribution in [2.24, 2.45) is 5.92 Å². The number of hydrogen-bond acceptors (Lipinski definition) is 2. The molecule has 1 amide bonds. The summed E-state index contributed by atoms with van der Waals surface area (Å²) in [6.07, 6.45) is -0.240. The number of aliphatic carboxylic acids is 1. The lowest BCUT2D eigenvalue weighted by Crippen LogP contribution is -2.44. The molecule has 0 radical (unpaired) electrons. The Morgan fingerprint density at radius 1 is 1.21 bits per heavy atom. The molecule has 1 rings (SSSR count). The fraction of sp³-hybridized carbons (Fsp3) is 0.833. The third-order valence-corrected chi connectivity index (χ3v) is 3.36. The SMILES string of the molecule is O=C(O)C[C@H](CC1CCCCC1)NC(=O)C(F)(F)F. The molecule has 0 unspecified atom stereocenters. The van der Waals surface area contributed by atoms with Crippen molar-refractivity contribution in [1.82, 2.24) is 5.32 Å². The molecule has 4 nitrogen and oxygen atoms in total. The second kappa shape index (κ2) is 6.77. The van der Waals surface area contributed by atoms with Gasteiger partial charge in [0.2, 0.25) is 0 Å². The van der Waals surface area contributed by atoms with E-state index in [0.717, 1.165) is 32.1 Å². The number of alkyl halides is 3. The van der Waals surface area contributed by atoms with Gasteiger partial charge in [-0.25, -0.2) is 0 Å². The largest absolute Gasteiger partial charge is 0.481 e. The van der Waals surface area contributed by atoms with Crippen molar-refractivity contribution in [2.75, 3.05) is 0 Å². The maximum Gasteiger partial charge on any atom is 0.471 e. The van der Waals surface area contributed by atoms with Gasteiger partial charge in [-0.15, -0.1) is 0 Å². The number of rotatable bonds is 5. The number of carbonyl (C=O) groups is 2. The van der Waals surface area contributed by atoms with Crippen LogP contribution in [0.5, 0.6) is 0 Å². The predicted octanol–water partition coefficient (Wildman–Crippen LogP) is 2.48. The molecule has 0 aromatic rings. The number of carboxylic acid groups (broad SMARTS) is 1.